The van der Waals surface area contributed by atoms with E-state index in [0.29, 0.717) is 38.8 Å². The SMILES string of the molecule is O=C(N[C@@H](Cc1ccccc1)C(=O)NCCCCCNC(=O)[C@H](Cc1ccccc1)NC(=O)OCc1ccccc1)OCc1ccccc1. The van der Waals surface area contributed by atoms with Gasteiger partial charge in [-0.05, 0) is 41.5 Å². The van der Waals surface area contributed by atoms with E-state index in [2.05, 4.69) is 21.3 Å². The summed E-state index contributed by atoms with van der Waals surface area (Å²) >= 11 is 0. The molecule has 0 fully saturated rings. The van der Waals surface area contributed by atoms with Gasteiger partial charge in [0, 0.05) is 25.9 Å². The van der Waals surface area contributed by atoms with E-state index in [9.17, 15) is 19.2 Å². The number of alkyl carbamates (subject to hydrolysis) is 2. The lowest BCUT2D eigenvalue weighted by molar-refractivity contribution is -0.123. The summed E-state index contributed by atoms with van der Waals surface area (Å²) < 4.78 is 10.7. The van der Waals surface area contributed by atoms with Crippen LogP contribution in [-0.4, -0.2) is 49.2 Å². The van der Waals surface area contributed by atoms with Gasteiger partial charge in [-0.25, -0.2) is 9.59 Å². The standard InChI is InChI=1S/C39H44N4O6/c44-36(34(26-30-16-6-1-7-17-30)42-38(46)48-28-32-20-10-3-11-21-32)40-24-14-5-15-25-41-37(45)35(27-31-18-8-2-9-19-31)43-39(47)49-29-33-22-12-4-13-23-33/h1-4,6-13,16-23,34-35H,5,14-15,24-29H2,(H,40,44)(H,41,45)(H,42,46)(H,43,47)/t34-,35-/m0/s1. The topological polar surface area (TPSA) is 135 Å². The van der Waals surface area contributed by atoms with Gasteiger partial charge in [-0.2, -0.15) is 0 Å². The second kappa shape index (κ2) is 20.6. The highest BCUT2D eigenvalue weighted by molar-refractivity contribution is 5.86. The van der Waals surface area contributed by atoms with Crippen molar-refractivity contribution in [2.45, 2.75) is 57.4 Å². The summed E-state index contributed by atoms with van der Waals surface area (Å²) in [7, 11) is 0. The maximum Gasteiger partial charge on any atom is 0.408 e. The molecule has 4 rings (SSSR count). The van der Waals surface area contributed by atoms with Crippen LogP contribution in [0.15, 0.2) is 121 Å². The Labute approximate surface area is 287 Å². The summed E-state index contributed by atoms with van der Waals surface area (Å²) in [4.78, 5) is 51.3. The van der Waals surface area contributed by atoms with Crippen molar-refractivity contribution in [2.24, 2.45) is 0 Å². The molecule has 0 unspecified atom stereocenters. The number of ether oxygens (including phenoxy) is 2. The molecule has 0 aliphatic rings. The number of carbonyl (C=O) groups is 4. The van der Waals surface area contributed by atoms with E-state index in [4.69, 9.17) is 9.47 Å². The number of rotatable bonds is 18. The van der Waals surface area contributed by atoms with Gasteiger partial charge in [-0.15, -0.1) is 0 Å². The molecule has 0 bridgehead atoms. The van der Waals surface area contributed by atoms with Crippen LogP contribution in [0, 0.1) is 0 Å². The molecule has 49 heavy (non-hydrogen) atoms. The van der Waals surface area contributed by atoms with E-state index in [1.54, 1.807) is 0 Å². The van der Waals surface area contributed by atoms with Crippen LogP contribution in [0.1, 0.15) is 41.5 Å². The Morgan fingerprint density at radius 2 is 0.776 bits per heavy atom. The summed E-state index contributed by atoms with van der Waals surface area (Å²) in [5, 5.41) is 11.2. The third-order valence-corrected chi connectivity index (χ3v) is 7.66. The third-order valence-electron chi connectivity index (χ3n) is 7.66. The van der Waals surface area contributed by atoms with Crippen LogP contribution >= 0.6 is 0 Å². The van der Waals surface area contributed by atoms with E-state index < -0.39 is 24.3 Å². The molecule has 256 valence electrons. The highest BCUT2D eigenvalue weighted by Crippen LogP contribution is 2.08. The van der Waals surface area contributed by atoms with Crippen LogP contribution in [0.5, 0.6) is 0 Å². The maximum absolute atomic E-state index is 13.1. The van der Waals surface area contributed by atoms with E-state index in [1.807, 2.05) is 121 Å². The molecule has 0 saturated heterocycles. The first-order valence-corrected chi connectivity index (χ1v) is 16.5. The number of carbonyl (C=O) groups excluding carboxylic acids is 4. The molecular weight excluding hydrogens is 620 g/mol. The summed E-state index contributed by atoms with van der Waals surface area (Å²) in [6, 6.07) is 36.0. The number of hydrogen-bond donors (Lipinski definition) is 4. The van der Waals surface area contributed by atoms with Crippen LogP contribution < -0.4 is 21.3 Å². The minimum absolute atomic E-state index is 0.101. The Balaban J connectivity index is 1.18. The van der Waals surface area contributed by atoms with Crippen LogP contribution in [0.3, 0.4) is 0 Å². The normalized spacial score (nSPS) is 11.8. The van der Waals surface area contributed by atoms with Gasteiger partial charge in [0.25, 0.3) is 0 Å². The molecule has 4 N–H and O–H groups in total. The highest BCUT2D eigenvalue weighted by atomic mass is 16.6. The first-order chi connectivity index (χ1) is 24.0. The van der Waals surface area contributed by atoms with Crippen molar-refractivity contribution in [1.29, 1.82) is 0 Å². The monoisotopic (exact) mass is 664 g/mol. The van der Waals surface area contributed by atoms with Crippen molar-refractivity contribution < 1.29 is 28.7 Å². The molecule has 0 radical (unpaired) electrons. The number of benzene rings is 4. The van der Waals surface area contributed by atoms with Crippen molar-refractivity contribution in [1.82, 2.24) is 21.3 Å². The third kappa shape index (κ3) is 13.9. The zero-order valence-corrected chi connectivity index (χ0v) is 27.5. The number of hydrogen-bond acceptors (Lipinski definition) is 6. The van der Waals surface area contributed by atoms with Gasteiger partial charge in [-0.1, -0.05) is 121 Å². The number of unbranched alkanes of at least 4 members (excludes halogenated alkanes) is 2. The summed E-state index contributed by atoms with van der Waals surface area (Å²) in [6.45, 7) is 1.02. The average molecular weight is 665 g/mol. The van der Waals surface area contributed by atoms with E-state index in [-0.39, 0.29) is 25.0 Å². The number of nitrogens with one attached hydrogen (secondary N) is 4. The predicted octanol–water partition coefficient (Wildman–Crippen LogP) is 5.46. The molecule has 0 heterocycles. The smallest absolute Gasteiger partial charge is 0.408 e. The lowest BCUT2D eigenvalue weighted by Gasteiger charge is -2.19. The van der Waals surface area contributed by atoms with Gasteiger partial charge in [0.1, 0.15) is 25.3 Å². The maximum atomic E-state index is 13.1. The molecule has 0 aliphatic heterocycles. The first kappa shape index (κ1) is 36.2. The number of amides is 4. The minimum Gasteiger partial charge on any atom is -0.445 e. The zero-order valence-electron chi connectivity index (χ0n) is 27.5. The Hall–Kier alpha value is -5.64. The van der Waals surface area contributed by atoms with Crippen molar-refractivity contribution in [2.75, 3.05) is 13.1 Å². The molecule has 0 saturated carbocycles. The van der Waals surface area contributed by atoms with E-state index in [1.165, 1.54) is 0 Å². The fraction of sp³-hybridized carbons (Fsp3) is 0.282. The van der Waals surface area contributed by atoms with Crippen LogP contribution in [0.2, 0.25) is 0 Å². The fourth-order valence-electron chi connectivity index (χ4n) is 5.03. The van der Waals surface area contributed by atoms with Crippen molar-refractivity contribution in [3.05, 3.63) is 144 Å². The van der Waals surface area contributed by atoms with Crippen LogP contribution in [0.25, 0.3) is 0 Å². The van der Waals surface area contributed by atoms with Gasteiger partial charge in [-0.3, -0.25) is 9.59 Å². The van der Waals surface area contributed by atoms with Gasteiger partial charge < -0.3 is 30.7 Å². The molecule has 2 atom stereocenters. The second-order valence-corrected chi connectivity index (χ2v) is 11.5. The predicted molar refractivity (Wildman–Crippen MR) is 187 cm³/mol. The van der Waals surface area contributed by atoms with Crippen LogP contribution in [-0.2, 0) is 45.1 Å². The van der Waals surface area contributed by atoms with E-state index in [0.717, 1.165) is 28.7 Å². The van der Waals surface area contributed by atoms with Crippen LogP contribution in [0.4, 0.5) is 9.59 Å². The molecular formula is C39H44N4O6. The Morgan fingerprint density at radius 3 is 1.12 bits per heavy atom. The van der Waals surface area contributed by atoms with Gasteiger partial charge in [0.05, 0.1) is 0 Å². The van der Waals surface area contributed by atoms with Gasteiger partial charge in [0.2, 0.25) is 11.8 Å². The van der Waals surface area contributed by atoms with Crippen molar-refractivity contribution in [3.63, 3.8) is 0 Å². The molecule has 4 aromatic carbocycles. The molecule has 4 aromatic rings. The summed E-state index contributed by atoms with van der Waals surface area (Å²) in [5.41, 5.74) is 3.52. The fourth-order valence-corrected chi connectivity index (χ4v) is 5.03. The summed E-state index contributed by atoms with van der Waals surface area (Å²) in [5.74, 6) is -0.606. The van der Waals surface area contributed by atoms with Gasteiger partial charge in [0.15, 0.2) is 0 Å². The highest BCUT2D eigenvalue weighted by Gasteiger charge is 2.23. The second-order valence-electron chi connectivity index (χ2n) is 11.5. The summed E-state index contributed by atoms with van der Waals surface area (Å²) in [6.07, 6.45) is 1.40. The quantitative estimate of drug-likeness (QED) is 0.104. The van der Waals surface area contributed by atoms with Gasteiger partial charge >= 0.3 is 12.2 Å². The molecule has 0 aliphatic carbocycles. The molecule has 0 aromatic heterocycles. The molecule has 0 spiro atoms. The van der Waals surface area contributed by atoms with Crippen molar-refractivity contribution >= 4 is 24.0 Å². The minimum atomic E-state index is -0.807. The first-order valence-electron chi connectivity index (χ1n) is 16.5. The van der Waals surface area contributed by atoms with E-state index >= 15 is 0 Å². The Morgan fingerprint density at radius 1 is 0.449 bits per heavy atom. The largest absolute Gasteiger partial charge is 0.445 e. The molecule has 10 heteroatoms. The Kier molecular flexibility index (Phi) is 15.2. The van der Waals surface area contributed by atoms with Crippen molar-refractivity contribution in [3.8, 4) is 0 Å². The molecule has 4 amide bonds. The lowest BCUT2D eigenvalue weighted by atomic mass is 10.1. The lowest BCUT2D eigenvalue weighted by Crippen LogP contribution is -2.48. The average Bonchev–Trinajstić information content (AvgIpc) is 3.13. The zero-order chi connectivity index (χ0) is 34.5. The Bertz CT molecular complexity index is 1450. The molecule has 10 nitrogen and oxygen atoms in total.